The van der Waals surface area contributed by atoms with Crippen molar-refractivity contribution in [2.75, 3.05) is 5.75 Å². The Kier molecular flexibility index (Phi) is 12.4. The third kappa shape index (κ3) is 10.6. The summed E-state index contributed by atoms with van der Waals surface area (Å²) in [5, 5.41) is 12.0. The number of rotatable bonds is 14. The van der Waals surface area contributed by atoms with Gasteiger partial charge in [-0.05, 0) is 30.2 Å². The summed E-state index contributed by atoms with van der Waals surface area (Å²) in [5.41, 5.74) is 12.0. The number of hydrogen-bond acceptors (Lipinski definition) is 5. The Hall–Kier alpha value is -2.58. The average Bonchev–Trinajstić information content (AvgIpc) is 2.75. The van der Waals surface area contributed by atoms with Gasteiger partial charge in [0.05, 0.1) is 5.92 Å². The van der Waals surface area contributed by atoms with Crippen LogP contribution in [0.15, 0.2) is 54.6 Å². The lowest BCUT2D eigenvalue weighted by Crippen LogP contribution is -2.44. The number of carbonyl (C=O) groups excluding carboxylic acids is 2. The minimum atomic E-state index is -1.20. The third-order valence-electron chi connectivity index (χ3n) is 5.06. The van der Waals surface area contributed by atoms with E-state index in [9.17, 15) is 19.5 Å². The Bertz CT molecular complexity index is 796. The lowest BCUT2D eigenvalue weighted by molar-refractivity contribution is -0.142. The number of benzene rings is 1. The van der Waals surface area contributed by atoms with E-state index in [1.54, 1.807) is 0 Å². The second-order valence-corrected chi connectivity index (χ2v) is 8.50. The molecule has 4 atom stereocenters. The number of allylic oxidation sites excluding steroid dienone is 2. The second kappa shape index (κ2) is 14.5. The van der Waals surface area contributed by atoms with Crippen LogP contribution in [0.25, 0.3) is 0 Å². The van der Waals surface area contributed by atoms with Gasteiger partial charge in [-0.1, -0.05) is 68.5 Å². The number of carboxylic acid groups (broad SMARTS) is 1. The summed E-state index contributed by atoms with van der Waals surface area (Å²) in [4.78, 5) is 35.6. The first-order chi connectivity index (χ1) is 15.1. The summed E-state index contributed by atoms with van der Waals surface area (Å²) in [6.07, 6.45) is 7.91. The van der Waals surface area contributed by atoms with E-state index in [0.29, 0.717) is 12.2 Å². The summed E-state index contributed by atoms with van der Waals surface area (Å²) in [5.74, 6) is -1.95. The first kappa shape index (κ1) is 27.5. The van der Waals surface area contributed by atoms with Gasteiger partial charge in [0.25, 0.3) is 0 Å². The fraction of sp³-hybridized carbons (Fsp3) is 0.458. The molecule has 2 amide bonds. The molecule has 0 heterocycles. The van der Waals surface area contributed by atoms with Crippen LogP contribution in [0.1, 0.15) is 32.3 Å². The van der Waals surface area contributed by atoms with Crippen LogP contribution >= 0.6 is 12.6 Å². The molecule has 0 bridgehead atoms. The van der Waals surface area contributed by atoms with E-state index in [1.165, 1.54) is 0 Å². The lowest BCUT2D eigenvalue weighted by atomic mass is 9.90. The Morgan fingerprint density at radius 3 is 2.25 bits per heavy atom. The van der Waals surface area contributed by atoms with Crippen LogP contribution in [0, 0.1) is 17.8 Å². The van der Waals surface area contributed by atoms with Crippen molar-refractivity contribution in [1.82, 2.24) is 5.32 Å². The van der Waals surface area contributed by atoms with Gasteiger partial charge in [0.15, 0.2) is 0 Å². The molecule has 176 valence electrons. The standard InChI is InChI=1S/C24H35N3O4S/c1-16(2)18(10-11-20(25)15-32)8-9-19(14-17-6-4-3-5-7-17)23(29)27-21(24(30)31)12-13-22(26)28/h3-11,16,18-21,32H,12-15,25H2,1-2H3,(H2,26,28)(H,27,29)(H,30,31)/b9-8-,11-10+/t18-,19?,20?,21?/m0/s1. The van der Waals surface area contributed by atoms with Crippen molar-refractivity contribution in [3.63, 3.8) is 0 Å². The van der Waals surface area contributed by atoms with E-state index in [2.05, 4.69) is 31.8 Å². The molecule has 0 aliphatic heterocycles. The van der Waals surface area contributed by atoms with Crippen LogP contribution in [-0.2, 0) is 20.8 Å². The molecule has 3 unspecified atom stereocenters. The second-order valence-electron chi connectivity index (χ2n) is 8.14. The number of nitrogens with two attached hydrogens (primary N) is 2. The molecule has 7 nitrogen and oxygen atoms in total. The summed E-state index contributed by atoms with van der Waals surface area (Å²) in [6, 6.07) is 8.17. The number of aliphatic carboxylic acids is 1. The first-order valence-electron chi connectivity index (χ1n) is 10.7. The van der Waals surface area contributed by atoms with Crippen LogP contribution in [-0.4, -0.2) is 40.7 Å². The highest BCUT2D eigenvalue weighted by atomic mass is 32.1. The van der Waals surface area contributed by atoms with Crippen molar-refractivity contribution in [2.24, 2.45) is 29.2 Å². The van der Waals surface area contributed by atoms with Crippen molar-refractivity contribution in [2.45, 2.75) is 45.2 Å². The van der Waals surface area contributed by atoms with Crippen molar-refractivity contribution < 1.29 is 19.5 Å². The highest BCUT2D eigenvalue weighted by Crippen LogP contribution is 2.18. The van der Waals surface area contributed by atoms with Gasteiger partial charge in [-0.3, -0.25) is 9.59 Å². The molecule has 0 aromatic heterocycles. The predicted octanol–water partition coefficient (Wildman–Crippen LogP) is 2.32. The van der Waals surface area contributed by atoms with Gasteiger partial charge in [0, 0.05) is 18.2 Å². The maximum absolute atomic E-state index is 13.0. The molecule has 0 saturated carbocycles. The highest BCUT2D eigenvalue weighted by molar-refractivity contribution is 7.80. The largest absolute Gasteiger partial charge is 0.480 e. The summed E-state index contributed by atoms with van der Waals surface area (Å²) in [7, 11) is 0. The molecule has 0 aliphatic carbocycles. The van der Waals surface area contributed by atoms with Gasteiger partial charge >= 0.3 is 5.97 Å². The van der Waals surface area contributed by atoms with E-state index >= 15 is 0 Å². The zero-order valence-corrected chi connectivity index (χ0v) is 19.6. The number of nitrogens with one attached hydrogen (secondary N) is 1. The third-order valence-corrected chi connectivity index (χ3v) is 5.48. The number of carbonyl (C=O) groups is 3. The van der Waals surface area contributed by atoms with Crippen molar-refractivity contribution >= 4 is 30.4 Å². The van der Waals surface area contributed by atoms with Gasteiger partial charge in [-0.2, -0.15) is 12.6 Å². The Morgan fingerprint density at radius 2 is 1.72 bits per heavy atom. The number of primary amides is 1. The molecule has 1 aromatic rings. The molecule has 32 heavy (non-hydrogen) atoms. The summed E-state index contributed by atoms with van der Waals surface area (Å²) < 4.78 is 0. The zero-order chi connectivity index (χ0) is 24.1. The topological polar surface area (TPSA) is 136 Å². The van der Waals surface area contributed by atoms with Crippen LogP contribution < -0.4 is 16.8 Å². The summed E-state index contributed by atoms with van der Waals surface area (Å²) in [6.45, 7) is 4.14. The Balaban J connectivity index is 3.08. The monoisotopic (exact) mass is 461 g/mol. The predicted molar refractivity (Wildman–Crippen MR) is 130 cm³/mol. The molecule has 0 radical (unpaired) electrons. The minimum Gasteiger partial charge on any atom is -0.480 e. The number of carboxylic acids is 1. The molecule has 0 fully saturated rings. The van der Waals surface area contributed by atoms with E-state index in [0.717, 1.165) is 5.56 Å². The molecular formula is C24H35N3O4S. The quantitative estimate of drug-likeness (QED) is 0.214. The SMILES string of the molecule is CC(C)[C@@H](/C=C\C(Cc1ccccc1)C(=O)NC(CCC(N)=O)C(=O)O)/C=C/C(N)CS. The van der Waals surface area contributed by atoms with Crippen LogP contribution in [0.2, 0.25) is 0 Å². The van der Waals surface area contributed by atoms with E-state index in [-0.39, 0.29) is 30.7 Å². The number of thiol groups is 1. The van der Waals surface area contributed by atoms with Crippen molar-refractivity contribution in [1.29, 1.82) is 0 Å². The van der Waals surface area contributed by atoms with Crippen LogP contribution in [0.3, 0.4) is 0 Å². The molecule has 1 aromatic carbocycles. The zero-order valence-electron chi connectivity index (χ0n) is 18.7. The van der Waals surface area contributed by atoms with Gasteiger partial charge < -0.3 is 21.9 Å². The molecule has 0 spiro atoms. The maximum Gasteiger partial charge on any atom is 0.326 e. The fourth-order valence-corrected chi connectivity index (χ4v) is 3.16. The minimum absolute atomic E-state index is 0.0529. The number of amides is 2. The first-order valence-corrected chi connectivity index (χ1v) is 11.4. The van der Waals surface area contributed by atoms with E-state index in [1.807, 2.05) is 54.6 Å². The lowest BCUT2D eigenvalue weighted by Gasteiger charge is -2.20. The Morgan fingerprint density at radius 1 is 1.09 bits per heavy atom. The van der Waals surface area contributed by atoms with Crippen LogP contribution in [0.4, 0.5) is 0 Å². The average molecular weight is 462 g/mol. The molecule has 0 aliphatic rings. The highest BCUT2D eigenvalue weighted by Gasteiger charge is 2.25. The van der Waals surface area contributed by atoms with Gasteiger partial charge in [-0.15, -0.1) is 0 Å². The molecular weight excluding hydrogens is 426 g/mol. The van der Waals surface area contributed by atoms with Crippen molar-refractivity contribution in [3.05, 3.63) is 60.2 Å². The maximum atomic E-state index is 13.0. The molecule has 0 saturated heterocycles. The molecule has 8 heteroatoms. The smallest absolute Gasteiger partial charge is 0.326 e. The van der Waals surface area contributed by atoms with E-state index in [4.69, 9.17) is 11.5 Å². The fourth-order valence-electron chi connectivity index (χ4n) is 3.04. The van der Waals surface area contributed by atoms with Gasteiger partial charge in [-0.25, -0.2) is 4.79 Å². The molecule has 1 rings (SSSR count). The number of hydrogen-bond donors (Lipinski definition) is 5. The molecule has 6 N–H and O–H groups in total. The van der Waals surface area contributed by atoms with Crippen LogP contribution in [0.5, 0.6) is 0 Å². The Labute approximate surface area is 195 Å². The van der Waals surface area contributed by atoms with Crippen molar-refractivity contribution in [3.8, 4) is 0 Å². The summed E-state index contributed by atoms with van der Waals surface area (Å²) >= 11 is 4.19. The van der Waals surface area contributed by atoms with Gasteiger partial charge in [0.1, 0.15) is 6.04 Å². The normalized spacial score (nSPS) is 15.5. The van der Waals surface area contributed by atoms with E-state index < -0.39 is 29.7 Å². The van der Waals surface area contributed by atoms with Gasteiger partial charge in [0.2, 0.25) is 11.8 Å².